The number of aliphatic hydroxyl groups is 1. The van der Waals surface area contributed by atoms with E-state index < -0.39 is 72.7 Å². The molecule has 0 aliphatic heterocycles. The molecule has 0 saturated heterocycles. The van der Waals surface area contributed by atoms with Gasteiger partial charge in [-0.3, -0.25) is 19.2 Å². The molecule has 32 heavy (non-hydrogen) atoms. The van der Waals surface area contributed by atoms with Gasteiger partial charge < -0.3 is 42.6 Å². The number of aromatic amines is 1. The highest BCUT2D eigenvalue weighted by Crippen LogP contribution is 2.06. The minimum atomic E-state index is -1.46. The maximum Gasteiger partial charge on any atom is 0.326 e. The number of hydrogen-bond donors (Lipinski definition) is 8. The largest absolute Gasteiger partial charge is 0.480 e. The zero-order valence-corrected chi connectivity index (χ0v) is 17.7. The van der Waals surface area contributed by atoms with Gasteiger partial charge in [0.25, 0.3) is 0 Å². The van der Waals surface area contributed by atoms with Crippen molar-refractivity contribution in [1.82, 2.24) is 25.9 Å². The molecular formula is C18H29N7O7. The van der Waals surface area contributed by atoms with Gasteiger partial charge >= 0.3 is 5.97 Å². The number of carbonyl (C=O) groups excluding carboxylic acids is 4. The van der Waals surface area contributed by atoms with Gasteiger partial charge in [0.15, 0.2) is 0 Å². The highest BCUT2D eigenvalue weighted by atomic mass is 16.4. The van der Waals surface area contributed by atoms with Gasteiger partial charge in [-0.15, -0.1) is 0 Å². The van der Waals surface area contributed by atoms with Gasteiger partial charge in [0.1, 0.15) is 18.1 Å². The molecule has 1 aromatic heterocycles. The Bertz CT molecular complexity index is 813. The third-order valence-corrected chi connectivity index (χ3v) is 4.41. The van der Waals surface area contributed by atoms with Crippen LogP contribution in [0, 0.1) is 5.92 Å². The zero-order chi connectivity index (χ0) is 24.4. The summed E-state index contributed by atoms with van der Waals surface area (Å²) in [6.07, 6.45) is 2.26. The Balaban J connectivity index is 2.82. The predicted octanol–water partition coefficient (Wildman–Crippen LogP) is -3.66. The van der Waals surface area contributed by atoms with Crippen LogP contribution in [0.1, 0.15) is 26.0 Å². The standard InChI is InChI=1S/C18H29N7O7/c1-8(2)14(17(30)23-11(18(31)32)3-9-5-21-7-22-9)25-16(29)12(6-26)24-15(28)10(19)4-13(20)27/h5,7-8,10-12,14,26H,3-4,6,19H2,1-2H3,(H2,20,27)(H,21,22)(H,23,30)(H,24,28)(H,25,29)(H,31,32). The molecule has 1 heterocycles. The first kappa shape index (κ1) is 26.5. The van der Waals surface area contributed by atoms with Gasteiger partial charge in [-0.1, -0.05) is 13.8 Å². The molecule has 0 aliphatic carbocycles. The van der Waals surface area contributed by atoms with E-state index in [0.717, 1.165) is 0 Å². The van der Waals surface area contributed by atoms with E-state index in [0.29, 0.717) is 5.69 Å². The summed E-state index contributed by atoms with van der Waals surface area (Å²) in [6, 6.07) is -5.24. The van der Waals surface area contributed by atoms with E-state index >= 15 is 0 Å². The summed E-state index contributed by atoms with van der Waals surface area (Å²) in [5.74, 6) is -5.14. The fourth-order valence-corrected chi connectivity index (χ4v) is 2.65. The molecule has 1 aromatic rings. The van der Waals surface area contributed by atoms with Crippen LogP contribution in [0.3, 0.4) is 0 Å². The van der Waals surface area contributed by atoms with Gasteiger partial charge in [0, 0.05) is 18.3 Å². The van der Waals surface area contributed by atoms with E-state index in [2.05, 4.69) is 25.9 Å². The smallest absolute Gasteiger partial charge is 0.326 e. The number of rotatable bonds is 13. The number of carbonyl (C=O) groups is 5. The van der Waals surface area contributed by atoms with Crippen molar-refractivity contribution >= 4 is 29.6 Å². The summed E-state index contributed by atoms with van der Waals surface area (Å²) in [6.45, 7) is 2.42. The fourth-order valence-electron chi connectivity index (χ4n) is 2.65. The monoisotopic (exact) mass is 455 g/mol. The summed E-state index contributed by atoms with van der Waals surface area (Å²) < 4.78 is 0. The number of hydrogen-bond acceptors (Lipinski definition) is 8. The first-order valence-electron chi connectivity index (χ1n) is 9.72. The van der Waals surface area contributed by atoms with E-state index in [4.69, 9.17) is 11.5 Å². The van der Waals surface area contributed by atoms with E-state index in [1.54, 1.807) is 13.8 Å². The fraction of sp³-hybridized carbons (Fsp3) is 0.556. The number of amides is 4. The van der Waals surface area contributed by atoms with Gasteiger partial charge in [-0.25, -0.2) is 9.78 Å². The lowest BCUT2D eigenvalue weighted by molar-refractivity contribution is -0.142. The Morgan fingerprint density at radius 3 is 2.16 bits per heavy atom. The first-order chi connectivity index (χ1) is 15.0. The average Bonchev–Trinajstić information content (AvgIpc) is 3.21. The number of H-pyrrole nitrogens is 1. The number of imidazole rings is 1. The highest BCUT2D eigenvalue weighted by Gasteiger charge is 2.32. The zero-order valence-electron chi connectivity index (χ0n) is 17.7. The lowest BCUT2D eigenvalue weighted by Gasteiger charge is -2.26. The molecule has 0 aromatic carbocycles. The van der Waals surface area contributed by atoms with Crippen molar-refractivity contribution in [3.63, 3.8) is 0 Å². The molecule has 0 aliphatic rings. The minimum absolute atomic E-state index is 0.0626. The van der Waals surface area contributed by atoms with Crippen molar-refractivity contribution in [2.75, 3.05) is 6.61 Å². The Morgan fingerprint density at radius 1 is 1.06 bits per heavy atom. The summed E-state index contributed by atoms with van der Waals surface area (Å²) in [5, 5.41) is 25.8. The number of aliphatic hydroxyl groups excluding tert-OH is 1. The molecule has 0 bridgehead atoms. The minimum Gasteiger partial charge on any atom is -0.480 e. The van der Waals surface area contributed by atoms with Crippen LogP contribution in [-0.4, -0.2) is 80.6 Å². The average molecular weight is 455 g/mol. The molecule has 178 valence electrons. The molecule has 0 radical (unpaired) electrons. The Kier molecular flexibility index (Phi) is 10.2. The van der Waals surface area contributed by atoms with Crippen molar-refractivity contribution in [2.24, 2.45) is 17.4 Å². The maximum atomic E-state index is 12.7. The number of carboxylic acids is 1. The maximum absolute atomic E-state index is 12.7. The topological polar surface area (TPSA) is 243 Å². The van der Waals surface area contributed by atoms with Gasteiger partial charge in [-0.2, -0.15) is 0 Å². The predicted molar refractivity (Wildman–Crippen MR) is 109 cm³/mol. The van der Waals surface area contributed by atoms with Crippen LogP contribution in [0.5, 0.6) is 0 Å². The Labute approximate surface area is 183 Å². The molecule has 10 N–H and O–H groups in total. The summed E-state index contributed by atoms with van der Waals surface area (Å²) in [5.41, 5.74) is 11.0. The van der Waals surface area contributed by atoms with E-state index in [1.165, 1.54) is 12.5 Å². The van der Waals surface area contributed by atoms with E-state index in [9.17, 15) is 34.2 Å². The first-order valence-corrected chi connectivity index (χ1v) is 9.72. The lowest BCUT2D eigenvalue weighted by Crippen LogP contribution is -2.59. The van der Waals surface area contributed by atoms with Crippen molar-refractivity contribution in [1.29, 1.82) is 0 Å². The van der Waals surface area contributed by atoms with Crippen molar-refractivity contribution < 1.29 is 34.2 Å². The molecule has 4 amide bonds. The second-order valence-electron chi connectivity index (χ2n) is 7.43. The number of primary amides is 1. The van der Waals surface area contributed by atoms with Crippen molar-refractivity contribution in [2.45, 2.75) is 50.9 Å². The van der Waals surface area contributed by atoms with E-state index in [-0.39, 0.29) is 6.42 Å². The van der Waals surface area contributed by atoms with Crippen molar-refractivity contribution in [3.8, 4) is 0 Å². The molecule has 14 heteroatoms. The Morgan fingerprint density at radius 2 is 1.69 bits per heavy atom. The third-order valence-electron chi connectivity index (χ3n) is 4.41. The summed E-state index contributed by atoms with van der Waals surface area (Å²) >= 11 is 0. The summed E-state index contributed by atoms with van der Waals surface area (Å²) in [7, 11) is 0. The normalized spacial score (nSPS) is 14.7. The molecule has 1 rings (SSSR count). The second kappa shape index (κ2) is 12.4. The van der Waals surface area contributed by atoms with E-state index in [1.807, 2.05) is 0 Å². The molecule has 14 nitrogen and oxygen atoms in total. The number of aliphatic carboxylic acids is 1. The SMILES string of the molecule is CC(C)C(NC(=O)C(CO)NC(=O)C(N)CC(N)=O)C(=O)NC(Cc1cnc[nH]1)C(=O)O. The van der Waals surface area contributed by atoms with Crippen LogP contribution in [0.15, 0.2) is 12.5 Å². The summed E-state index contributed by atoms with van der Waals surface area (Å²) in [4.78, 5) is 66.1. The van der Waals surface area contributed by atoms with Crippen LogP contribution in [0.2, 0.25) is 0 Å². The van der Waals surface area contributed by atoms with Crippen LogP contribution in [-0.2, 0) is 30.4 Å². The van der Waals surface area contributed by atoms with Gasteiger partial charge in [0.05, 0.1) is 25.4 Å². The van der Waals surface area contributed by atoms with Gasteiger partial charge in [0.2, 0.25) is 23.6 Å². The number of nitrogens with two attached hydrogens (primary N) is 2. The van der Waals surface area contributed by atoms with Crippen LogP contribution < -0.4 is 27.4 Å². The molecule has 0 fully saturated rings. The van der Waals surface area contributed by atoms with Crippen LogP contribution in [0.4, 0.5) is 0 Å². The third kappa shape index (κ3) is 8.31. The molecule has 4 unspecified atom stereocenters. The molecular weight excluding hydrogens is 426 g/mol. The quantitative estimate of drug-likeness (QED) is 0.146. The van der Waals surface area contributed by atoms with Crippen LogP contribution in [0.25, 0.3) is 0 Å². The molecule has 4 atom stereocenters. The highest BCUT2D eigenvalue weighted by molar-refractivity contribution is 5.95. The molecule has 0 spiro atoms. The van der Waals surface area contributed by atoms with Crippen LogP contribution >= 0.6 is 0 Å². The van der Waals surface area contributed by atoms with Gasteiger partial charge in [-0.05, 0) is 5.92 Å². The second-order valence-corrected chi connectivity index (χ2v) is 7.43. The van der Waals surface area contributed by atoms with Crippen molar-refractivity contribution in [3.05, 3.63) is 18.2 Å². The number of nitrogens with zero attached hydrogens (tertiary/aromatic N) is 1. The number of aromatic nitrogens is 2. The molecule has 0 saturated carbocycles. The lowest BCUT2D eigenvalue weighted by atomic mass is 10.0. The Hall–Kier alpha value is -3.52. The number of nitrogens with one attached hydrogen (secondary N) is 4. The number of carboxylic acid groups (broad SMARTS) is 1.